The van der Waals surface area contributed by atoms with Crippen LogP contribution in [0.4, 0.5) is 0 Å². The van der Waals surface area contributed by atoms with E-state index in [1.165, 1.54) is 36.8 Å². The van der Waals surface area contributed by atoms with Gasteiger partial charge in [0.25, 0.3) is 0 Å². The van der Waals surface area contributed by atoms with Crippen molar-refractivity contribution in [3.63, 3.8) is 0 Å². The van der Waals surface area contributed by atoms with Crippen molar-refractivity contribution >= 4 is 17.7 Å². The van der Waals surface area contributed by atoms with E-state index < -0.39 is 46.8 Å². The number of hydrogen-bond donors (Lipinski definition) is 0. The number of nitriles is 2. The highest BCUT2D eigenvalue weighted by Gasteiger charge is 2.67. The highest BCUT2D eigenvalue weighted by molar-refractivity contribution is 6.11. The Labute approximate surface area is 165 Å². The third-order valence-electron chi connectivity index (χ3n) is 5.24. The van der Waals surface area contributed by atoms with Crippen molar-refractivity contribution in [1.82, 2.24) is 0 Å². The fourth-order valence-electron chi connectivity index (χ4n) is 4.02. The SMILES string of the molecule is COC(=O)C1C(=O)C(C(=O)OC)C(c2ccco2)C(C#N)(C#N)C1c1ccco1. The lowest BCUT2D eigenvalue weighted by molar-refractivity contribution is -0.163. The van der Waals surface area contributed by atoms with Gasteiger partial charge in [-0.15, -0.1) is 0 Å². The van der Waals surface area contributed by atoms with Gasteiger partial charge >= 0.3 is 11.9 Å². The van der Waals surface area contributed by atoms with Gasteiger partial charge in [0, 0.05) is 0 Å². The highest BCUT2D eigenvalue weighted by Crippen LogP contribution is 2.58. The number of Topliss-reactive ketones (excluding diaryl/α,β-unsaturated/α-hetero) is 1. The third-order valence-corrected chi connectivity index (χ3v) is 5.24. The molecule has 0 radical (unpaired) electrons. The van der Waals surface area contributed by atoms with E-state index in [0.717, 1.165) is 14.2 Å². The van der Waals surface area contributed by atoms with Crippen molar-refractivity contribution in [2.45, 2.75) is 11.8 Å². The van der Waals surface area contributed by atoms with Gasteiger partial charge in [0.1, 0.15) is 23.4 Å². The van der Waals surface area contributed by atoms with Gasteiger partial charge in [-0.25, -0.2) is 0 Å². The maximum absolute atomic E-state index is 13.4. The van der Waals surface area contributed by atoms with Gasteiger partial charge in [-0.3, -0.25) is 14.4 Å². The van der Waals surface area contributed by atoms with E-state index in [4.69, 9.17) is 18.3 Å². The molecule has 0 bridgehead atoms. The lowest BCUT2D eigenvalue weighted by Crippen LogP contribution is -2.55. The normalized spacial score (nSPS) is 25.4. The number of hydrogen-bond acceptors (Lipinski definition) is 9. The first-order valence-corrected chi connectivity index (χ1v) is 8.55. The van der Waals surface area contributed by atoms with Crippen molar-refractivity contribution in [3.8, 4) is 12.1 Å². The smallest absolute Gasteiger partial charge is 0.317 e. The van der Waals surface area contributed by atoms with Crippen molar-refractivity contribution in [2.75, 3.05) is 14.2 Å². The van der Waals surface area contributed by atoms with Gasteiger partial charge in [0.15, 0.2) is 11.2 Å². The second kappa shape index (κ2) is 7.64. The number of esters is 2. The first-order chi connectivity index (χ1) is 14.0. The van der Waals surface area contributed by atoms with E-state index in [1.54, 1.807) is 0 Å². The molecule has 0 N–H and O–H groups in total. The van der Waals surface area contributed by atoms with E-state index in [0.29, 0.717) is 0 Å². The van der Waals surface area contributed by atoms with Crippen molar-refractivity contribution < 1.29 is 32.7 Å². The molecule has 2 aromatic rings. The van der Waals surface area contributed by atoms with Crippen LogP contribution in [0.15, 0.2) is 45.6 Å². The Bertz CT molecular complexity index is 915. The summed E-state index contributed by atoms with van der Waals surface area (Å²) in [7, 11) is 2.14. The molecule has 3 rings (SSSR count). The minimum Gasteiger partial charge on any atom is -0.469 e. The molecule has 1 aliphatic carbocycles. The fraction of sp³-hybridized carbons (Fsp3) is 0.350. The summed E-state index contributed by atoms with van der Waals surface area (Å²) >= 11 is 0. The molecular weight excluding hydrogens is 380 g/mol. The van der Waals surface area contributed by atoms with Crippen LogP contribution in [0.25, 0.3) is 0 Å². The topological polar surface area (TPSA) is 144 Å². The van der Waals surface area contributed by atoms with Gasteiger partial charge in [-0.1, -0.05) is 0 Å². The van der Waals surface area contributed by atoms with E-state index in [-0.39, 0.29) is 11.5 Å². The summed E-state index contributed by atoms with van der Waals surface area (Å²) in [6.07, 6.45) is 2.59. The molecule has 29 heavy (non-hydrogen) atoms. The molecule has 0 amide bonds. The summed E-state index contributed by atoms with van der Waals surface area (Å²) in [4.78, 5) is 38.5. The van der Waals surface area contributed by atoms with Crippen LogP contribution in [0.3, 0.4) is 0 Å². The summed E-state index contributed by atoms with van der Waals surface area (Å²) in [6.45, 7) is 0. The second-order valence-electron chi connectivity index (χ2n) is 6.48. The van der Waals surface area contributed by atoms with Crippen LogP contribution in [0.5, 0.6) is 0 Å². The Kier molecular flexibility index (Phi) is 5.24. The number of carbonyl (C=O) groups is 3. The van der Waals surface area contributed by atoms with E-state index in [2.05, 4.69) is 0 Å². The Hall–Kier alpha value is -3.85. The summed E-state index contributed by atoms with van der Waals surface area (Å²) < 4.78 is 20.3. The average molecular weight is 396 g/mol. The Balaban J connectivity index is 2.36. The largest absolute Gasteiger partial charge is 0.469 e. The quantitative estimate of drug-likeness (QED) is 0.559. The van der Waals surface area contributed by atoms with Crippen LogP contribution >= 0.6 is 0 Å². The fourth-order valence-corrected chi connectivity index (χ4v) is 4.02. The van der Waals surface area contributed by atoms with Crippen molar-refractivity contribution in [2.24, 2.45) is 17.3 Å². The molecule has 4 atom stereocenters. The predicted molar refractivity (Wildman–Crippen MR) is 92.6 cm³/mol. The second-order valence-corrected chi connectivity index (χ2v) is 6.48. The maximum Gasteiger partial charge on any atom is 0.317 e. The summed E-state index contributed by atoms with van der Waals surface area (Å²) in [5.74, 6) is -8.59. The van der Waals surface area contributed by atoms with E-state index in [1.807, 2.05) is 12.1 Å². The van der Waals surface area contributed by atoms with Crippen LogP contribution in [0.1, 0.15) is 23.4 Å². The first-order valence-electron chi connectivity index (χ1n) is 8.55. The van der Waals surface area contributed by atoms with E-state index >= 15 is 0 Å². The van der Waals surface area contributed by atoms with Crippen molar-refractivity contribution in [1.29, 1.82) is 10.5 Å². The summed E-state index contributed by atoms with van der Waals surface area (Å²) in [6, 6.07) is 9.78. The van der Waals surface area contributed by atoms with Crippen LogP contribution in [0.2, 0.25) is 0 Å². The summed E-state index contributed by atoms with van der Waals surface area (Å²) in [5, 5.41) is 20.3. The number of methoxy groups -OCH3 is 2. The molecule has 9 heteroatoms. The minimum atomic E-state index is -2.07. The number of ketones is 1. The van der Waals surface area contributed by atoms with Crippen LogP contribution in [-0.4, -0.2) is 31.9 Å². The number of furan rings is 2. The number of rotatable bonds is 4. The lowest BCUT2D eigenvalue weighted by Gasteiger charge is -2.44. The monoisotopic (exact) mass is 396 g/mol. The highest BCUT2D eigenvalue weighted by atomic mass is 16.5. The molecule has 0 aromatic carbocycles. The van der Waals surface area contributed by atoms with Gasteiger partial charge < -0.3 is 18.3 Å². The molecule has 0 spiro atoms. The number of ether oxygens (including phenoxy) is 2. The van der Waals surface area contributed by atoms with Gasteiger partial charge in [0.2, 0.25) is 0 Å². The molecule has 1 aliphatic rings. The molecule has 2 aromatic heterocycles. The molecule has 4 unspecified atom stereocenters. The maximum atomic E-state index is 13.4. The number of carbonyl (C=O) groups excluding carboxylic acids is 3. The molecule has 0 aliphatic heterocycles. The minimum absolute atomic E-state index is 0.0664. The van der Waals surface area contributed by atoms with Gasteiger partial charge in [0.05, 0.1) is 50.7 Å². The average Bonchev–Trinajstić information content (AvgIpc) is 3.45. The van der Waals surface area contributed by atoms with Gasteiger partial charge in [-0.05, 0) is 24.3 Å². The predicted octanol–water partition coefficient (Wildman–Crippen LogP) is 1.93. The molecule has 1 saturated carbocycles. The zero-order valence-electron chi connectivity index (χ0n) is 15.5. The standard InChI is InChI=1S/C20H16N2O7/c1-26-18(24)13-15(11-5-3-7-28-11)20(9-21,10-22)16(12-6-4-8-29-12)14(17(13)23)19(25)27-2/h3-8,13-16H,1-2H3. The summed E-state index contributed by atoms with van der Waals surface area (Å²) in [5.41, 5.74) is -2.07. The van der Waals surface area contributed by atoms with Crippen LogP contribution in [0, 0.1) is 39.9 Å². The zero-order valence-corrected chi connectivity index (χ0v) is 15.5. The van der Waals surface area contributed by atoms with Crippen LogP contribution < -0.4 is 0 Å². The molecular formula is C20H16N2O7. The number of nitrogens with zero attached hydrogens (tertiary/aromatic N) is 2. The first kappa shape index (κ1) is 19.9. The Morgan fingerprint density at radius 1 is 0.931 bits per heavy atom. The van der Waals surface area contributed by atoms with E-state index in [9.17, 15) is 24.9 Å². The van der Waals surface area contributed by atoms with Gasteiger partial charge in [-0.2, -0.15) is 10.5 Å². The molecule has 9 nitrogen and oxygen atoms in total. The van der Waals surface area contributed by atoms with Crippen molar-refractivity contribution in [3.05, 3.63) is 48.3 Å². The Morgan fingerprint density at radius 2 is 1.34 bits per heavy atom. The lowest BCUT2D eigenvalue weighted by atomic mass is 9.52. The molecule has 2 heterocycles. The zero-order chi connectivity index (χ0) is 21.2. The molecule has 0 saturated heterocycles. The molecule has 148 valence electrons. The Morgan fingerprint density at radius 3 is 1.62 bits per heavy atom. The van der Waals surface area contributed by atoms with Crippen LogP contribution in [-0.2, 0) is 23.9 Å². The molecule has 1 fully saturated rings. The third kappa shape index (κ3) is 2.88.